The van der Waals surface area contributed by atoms with Crippen LogP contribution in [0.25, 0.3) is 0 Å². The number of alkyl halides is 1. The zero-order valence-electron chi connectivity index (χ0n) is 11.4. The van der Waals surface area contributed by atoms with E-state index in [-0.39, 0.29) is 0 Å². The molecule has 18 heavy (non-hydrogen) atoms. The SMILES string of the molecule is CC(CC(Br)c1cc(Br)ccc1Br)CC(C)(C)C. The summed E-state index contributed by atoms with van der Waals surface area (Å²) in [6.45, 7) is 9.26. The molecule has 3 heteroatoms. The van der Waals surface area contributed by atoms with E-state index < -0.39 is 0 Å². The molecule has 0 nitrogen and oxygen atoms in total. The standard InChI is InChI=1S/C15H21Br3/c1-10(9-15(2,3)4)7-14(18)12-8-11(16)5-6-13(12)17/h5-6,8,10,14H,7,9H2,1-4H3. The number of hydrogen-bond donors (Lipinski definition) is 0. The number of rotatable bonds is 4. The van der Waals surface area contributed by atoms with Crippen LogP contribution in [0.15, 0.2) is 27.1 Å². The monoisotopic (exact) mass is 438 g/mol. The van der Waals surface area contributed by atoms with Crippen LogP contribution >= 0.6 is 47.8 Å². The molecular weight excluding hydrogens is 420 g/mol. The summed E-state index contributed by atoms with van der Waals surface area (Å²) in [5, 5.41) is 0. The van der Waals surface area contributed by atoms with Crippen molar-refractivity contribution in [3.8, 4) is 0 Å². The Balaban J connectivity index is 2.70. The molecule has 1 aromatic rings. The van der Waals surface area contributed by atoms with Gasteiger partial charge >= 0.3 is 0 Å². The van der Waals surface area contributed by atoms with Gasteiger partial charge in [-0.1, -0.05) is 75.5 Å². The summed E-state index contributed by atoms with van der Waals surface area (Å²) in [6, 6.07) is 6.35. The largest absolute Gasteiger partial charge is 0.0838 e. The highest BCUT2D eigenvalue weighted by Gasteiger charge is 2.20. The average molecular weight is 441 g/mol. The Kier molecular flexibility index (Phi) is 6.40. The van der Waals surface area contributed by atoms with Crippen LogP contribution in [-0.4, -0.2) is 0 Å². The Hall–Kier alpha value is 0.660. The van der Waals surface area contributed by atoms with Crippen molar-refractivity contribution in [1.29, 1.82) is 0 Å². The minimum absolute atomic E-state index is 0.403. The Morgan fingerprint density at radius 2 is 1.78 bits per heavy atom. The maximum atomic E-state index is 3.83. The molecule has 0 amide bonds. The molecule has 2 atom stereocenters. The van der Waals surface area contributed by atoms with Gasteiger partial charge in [-0.3, -0.25) is 0 Å². The lowest BCUT2D eigenvalue weighted by molar-refractivity contribution is 0.296. The molecule has 0 aliphatic heterocycles. The van der Waals surface area contributed by atoms with Gasteiger partial charge in [0.05, 0.1) is 0 Å². The van der Waals surface area contributed by atoms with E-state index in [9.17, 15) is 0 Å². The molecule has 0 saturated heterocycles. The van der Waals surface area contributed by atoms with E-state index in [1.165, 1.54) is 16.5 Å². The van der Waals surface area contributed by atoms with Crippen LogP contribution in [0.5, 0.6) is 0 Å². The fraction of sp³-hybridized carbons (Fsp3) is 0.600. The second-order valence-electron chi connectivity index (χ2n) is 6.24. The van der Waals surface area contributed by atoms with Crippen molar-refractivity contribution in [2.24, 2.45) is 11.3 Å². The van der Waals surface area contributed by atoms with E-state index in [4.69, 9.17) is 0 Å². The van der Waals surface area contributed by atoms with Crippen molar-refractivity contribution >= 4 is 47.8 Å². The Morgan fingerprint density at radius 3 is 2.33 bits per heavy atom. The van der Waals surface area contributed by atoms with Gasteiger partial charge in [-0.15, -0.1) is 0 Å². The molecule has 1 aromatic carbocycles. The van der Waals surface area contributed by atoms with Crippen LogP contribution in [0.1, 0.15) is 50.9 Å². The third kappa shape index (κ3) is 5.75. The van der Waals surface area contributed by atoms with Crippen LogP contribution in [0, 0.1) is 11.3 Å². The van der Waals surface area contributed by atoms with Crippen molar-refractivity contribution in [2.75, 3.05) is 0 Å². The molecule has 0 aromatic heterocycles. The topological polar surface area (TPSA) is 0 Å². The Bertz CT molecular complexity index is 393. The van der Waals surface area contributed by atoms with E-state index >= 15 is 0 Å². The number of hydrogen-bond acceptors (Lipinski definition) is 0. The lowest BCUT2D eigenvalue weighted by atomic mass is 9.83. The Labute approximate surface area is 136 Å². The molecule has 0 fully saturated rings. The molecule has 0 saturated carbocycles. The molecule has 0 N–H and O–H groups in total. The first kappa shape index (κ1) is 16.7. The second-order valence-corrected chi connectivity index (χ2v) is 9.11. The molecule has 0 aliphatic rings. The number of halogens is 3. The fourth-order valence-corrected chi connectivity index (χ4v) is 4.59. The minimum Gasteiger partial charge on any atom is -0.0838 e. The molecule has 0 heterocycles. The Morgan fingerprint density at radius 1 is 1.17 bits per heavy atom. The first-order chi connectivity index (χ1) is 8.19. The highest BCUT2D eigenvalue weighted by atomic mass is 79.9. The van der Waals surface area contributed by atoms with Crippen molar-refractivity contribution in [3.63, 3.8) is 0 Å². The first-order valence-electron chi connectivity index (χ1n) is 6.28. The van der Waals surface area contributed by atoms with Crippen LogP contribution in [-0.2, 0) is 0 Å². The molecule has 0 aliphatic carbocycles. The highest BCUT2D eigenvalue weighted by molar-refractivity contribution is 9.11. The summed E-state index contributed by atoms with van der Waals surface area (Å²) < 4.78 is 2.31. The zero-order valence-corrected chi connectivity index (χ0v) is 16.2. The lowest BCUT2D eigenvalue weighted by Gasteiger charge is -2.25. The van der Waals surface area contributed by atoms with Crippen LogP contribution in [0.4, 0.5) is 0 Å². The van der Waals surface area contributed by atoms with Crippen molar-refractivity contribution in [2.45, 2.75) is 45.4 Å². The maximum absolute atomic E-state index is 3.83. The molecule has 102 valence electrons. The maximum Gasteiger partial charge on any atom is 0.0409 e. The van der Waals surface area contributed by atoms with Crippen LogP contribution < -0.4 is 0 Å². The van der Waals surface area contributed by atoms with E-state index in [1.54, 1.807) is 0 Å². The van der Waals surface area contributed by atoms with Gasteiger partial charge in [0.1, 0.15) is 0 Å². The summed E-state index contributed by atoms with van der Waals surface area (Å²) in [6.07, 6.45) is 2.41. The van der Waals surface area contributed by atoms with E-state index in [0.717, 1.165) is 10.9 Å². The van der Waals surface area contributed by atoms with Gasteiger partial charge in [0.25, 0.3) is 0 Å². The molecule has 0 radical (unpaired) electrons. The lowest BCUT2D eigenvalue weighted by Crippen LogP contribution is -2.12. The summed E-state index contributed by atoms with van der Waals surface area (Å²) >= 11 is 11.0. The minimum atomic E-state index is 0.403. The summed E-state index contributed by atoms with van der Waals surface area (Å²) in [7, 11) is 0. The van der Waals surface area contributed by atoms with E-state index in [1.807, 2.05) is 0 Å². The van der Waals surface area contributed by atoms with Crippen molar-refractivity contribution in [3.05, 3.63) is 32.7 Å². The molecule has 0 spiro atoms. The van der Waals surface area contributed by atoms with Crippen LogP contribution in [0.3, 0.4) is 0 Å². The van der Waals surface area contributed by atoms with Gasteiger partial charge in [0, 0.05) is 13.8 Å². The molecule has 2 unspecified atom stereocenters. The van der Waals surface area contributed by atoms with Gasteiger partial charge in [-0.05, 0) is 47.9 Å². The molecule has 0 bridgehead atoms. The first-order valence-corrected chi connectivity index (χ1v) is 8.78. The summed E-state index contributed by atoms with van der Waals surface area (Å²) in [5.74, 6) is 0.709. The van der Waals surface area contributed by atoms with Crippen molar-refractivity contribution in [1.82, 2.24) is 0 Å². The third-order valence-corrected chi connectivity index (χ3v) is 4.95. The van der Waals surface area contributed by atoms with Gasteiger partial charge in [-0.2, -0.15) is 0 Å². The third-order valence-electron chi connectivity index (χ3n) is 2.87. The van der Waals surface area contributed by atoms with Gasteiger partial charge in [-0.25, -0.2) is 0 Å². The predicted molar refractivity (Wildman–Crippen MR) is 91.4 cm³/mol. The summed E-state index contributed by atoms with van der Waals surface area (Å²) in [4.78, 5) is 0.404. The highest BCUT2D eigenvalue weighted by Crippen LogP contribution is 2.38. The number of benzene rings is 1. The second kappa shape index (κ2) is 6.90. The zero-order chi connectivity index (χ0) is 13.9. The predicted octanol–water partition coefficient (Wildman–Crippen LogP) is 7.11. The fourth-order valence-electron chi connectivity index (χ4n) is 2.36. The average Bonchev–Trinajstić information content (AvgIpc) is 2.18. The van der Waals surface area contributed by atoms with Crippen molar-refractivity contribution < 1.29 is 0 Å². The quantitative estimate of drug-likeness (QED) is 0.437. The van der Waals surface area contributed by atoms with Gasteiger partial charge < -0.3 is 0 Å². The normalized spacial score (nSPS) is 15.5. The molecular formula is C15H21Br3. The van der Waals surface area contributed by atoms with Gasteiger partial charge in [0.2, 0.25) is 0 Å². The van der Waals surface area contributed by atoms with E-state index in [2.05, 4.69) is 93.7 Å². The van der Waals surface area contributed by atoms with Gasteiger partial charge in [0.15, 0.2) is 0 Å². The van der Waals surface area contributed by atoms with Crippen LogP contribution in [0.2, 0.25) is 0 Å². The molecule has 1 rings (SSSR count). The van der Waals surface area contributed by atoms with E-state index in [0.29, 0.717) is 16.2 Å². The summed E-state index contributed by atoms with van der Waals surface area (Å²) in [5.41, 5.74) is 1.73. The smallest absolute Gasteiger partial charge is 0.0409 e.